The highest BCUT2D eigenvalue weighted by Gasteiger charge is 2.24. The first-order valence-electron chi connectivity index (χ1n) is 5.25. The van der Waals surface area contributed by atoms with Crippen molar-refractivity contribution in [2.24, 2.45) is 5.92 Å². The summed E-state index contributed by atoms with van der Waals surface area (Å²) < 4.78 is 7.10. The van der Waals surface area contributed by atoms with Crippen LogP contribution >= 0.6 is 31.9 Å². The lowest BCUT2D eigenvalue weighted by Gasteiger charge is -2.21. The zero-order valence-electron chi connectivity index (χ0n) is 8.71. The van der Waals surface area contributed by atoms with Crippen LogP contribution in [0.15, 0.2) is 27.1 Å². The Balaban J connectivity index is 2.19. The van der Waals surface area contributed by atoms with Gasteiger partial charge in [0.2, 0.25) is 0 Å². The monoisotopic (exact) mass is 346 g/mol. The second-order valence-corrected chi connectivity index (χ2v) is 5.65. The van der Waals surface area contributed by atoms with Gasteiger partial charge in [-0.3, -0.25) is 4.79 Å². The number of halogens is 2. The fraction of sp³-hybridized carbons (Fsp3) is 0.417. The number of hydrogen-bond acceptors (Lipinski definition) is 2. The van der Waals surface area contributed by atoms with Crippen molar-refractivity contribution in [2.75, 3.05) is 13.2 Å². The summed E-state index contributed by atoms with van der Waals surface area (Å²) in [6, 6.07) is 5.68. The molecule has 4 heteroatoms. The third kappa shape index (κ3) is 2.73. The summed E-state index contributed by atoms with van der Waals surface area (Å²) >= 11 is 6.81. The molecule has 16 heavy (non-hydrogen) atoms. The topological polar surface area (TPSA) is 26.3 Å². The van der Waals surface area contributed by atoms with Crippen LogP contribution in [-0.2, 0) is 4.74 Å². The molecule has 1 heterocycles. The average molecular weight is 348 g/mol. The van der Waals surface area contributed by atoms with E-state index in [4.69, 9.17) is 4.74 Å². The van der Waals surface area contributed by atoms with Crippen LogP contribution in [0.1, 0.15) is 23.2 Å². The van der Waals surface area contributed by atoms with Crippen molar-refractivity contribution in [1.29, 1.82) is 0 Å². The van der Waals surface area contributed by atoms with Gasteiger partial charge < -0.3 is 4.74 Å². The maximum atomic E-state index is 12.2. The first-order chi connectivity index (χ1) is 7.68. The smallest absolute Gasteiger partial charge is 0.167 e. The van der Waals surface area contributed by atoms with Gasteiger partial charge in [-0.2, -0.15) is 0 Å². The van der Waals surface area contributed by atoms with Gasteiger partial charge in [-0.1, -0.05) is 31.9 Å². The largest absolute Gasteiger partial charge is 0.381 e. The molecule has 0 aliphatic carbocycles. The third-order valence-electron chi connectivity index (χ3n) is 2.79. The van der Waals surface area contributed by atoms with Crippen molar-refractivity contribution >= 4 is 37.6 Å². The number of hydrogen-bond donors (Lipinski definition) is 0. The maximum absolute atomic E-state index is 12.2. The number of benzene rings is 1. The third-order valence-corrected chi connectivity index (χ3v) is 3.94. The van der Waals surface area contributed by atoms with Crippen molar-refractivity contribution in [3.63, 3.8) is 0 Å². The van der Waals surface area contributed by atoms with Gasteiger partial charge >= 0.3 is 0 Å². The quantitative estimate of drug-likeness (QED) is 0.760. The van der Waals surface area contributed by atoms with Crippen LogP contribution in [0, 0.1) is 5.92 Å². The number of Topliss-reactive ketones (excluding diaryl/α,β-unsaturated/α-hetero) is 1. The SMILES string of the molecule is O=C(c1ccc(Br)cc1Br)C1CCOCC1. The molecule has 1 aliphatic heterocycles. The van der Waals surface area contributed by atoms with Crippen LogP contribution < -0.4 is 0 Å². The zero-order chi connectivity index (χ0) is 11.5. The molecule has 1 fully saturated rings. The molecule has 1 aromatic rings. The molecule has 0 aromatic heterocycles. The Bertz CT molecular complexity index is 398. The lowest BCUT2D eigenvalue weighted by Crippen LogP contribution is -2.23. The van der Waals surface area contributed by atoms with Gasteiger partial charge in [-0.15, -0.1) is 0 Å². The number of ether oxygens (including phenoxy) is 1. The van der Waals surface area contributed by atoms with Gasteiger partial charge in [0.15, 0.2) is 5.78 Å². The molecule has 0 unspecified atom stereocenters. The van der Waals surface area contributed by atoms with Gasteiger partial charge in [0.05, 0.1) is 0 Å². The summed E-state index contributed by atoms with van der Waals surface area (Å²) in [5.41, 5.74) is 0.773. The first kappa shape index (κ1) is 12.3. The molecule has 86 valence electrons. The summed E-state index contributed by atoms with van der Waals surface area (Å²) in [7, 11) is 0. The van der Waals surface area contributed by atoms with E-state index >= 15 is 0 Å². The molecule has 2 rings (SSSR count). The maximum Gasteiger partial charge on any atom is 0.167 e. The number of rotatable bonds is 2. The molecule has 1 aliphatic rings. The molecule has 1 aromatic carbocycles. The van der Waals surface area contributed by atoms with E-state index < -0.39 is 0 Å². The van der Waals surface area contributed by atoms with Crippen molar-refractivity contribution in [3.8, 4) is 0 Å². The second-order valence-electron chi connectivity index (χ2n) is 3.88. The lowest BCUT2D eigenvalue weighted by molar-refractivity contribution is 0.0544. The normalized spacial score (nSPS) is 17.4. The minimum Gasteiger partial charge on any atom is -0.381 e. The van der Waals surface area contributed by atoms with E-state index in [9.17, 15) is 4.79 Å². The van der Waals surface area contributed by atoms with Crippen molar-refractivity contribution in [2.45, 2.75) is 12.8 Å². The number of carbonyl (C=O) groups is 1. The zero-order valence-corrected chi connectivity index (χ0v) is 11.9. The van der Waals surface area contributed by atoms with E-state index in [1.807, 2.05) is 18.2 Å². The van der Waals surface area contributed by atoms with E-state index in [-0.39, 0.29) is 11.7 Å². The standard InChI is InChI=1S/C12H12Br2O2/c13-9-1-2-10(11(14)7-9)12(15)8-3-5-16-6-4-8/h1-2,7-8H,3-6H2. The highest BCUT2D eigenvalue weighted by molar-refractivity contribution is 9.11. The molecule has 0 bridgehead atoms. The van der Waals surface area contributed by atoms with Crippen LogP contribution in [0.2, 0.25) is 0 Å². The molecular weight excluding hydrogens is 336 g/mol. The fourth-order valence-electron chi connectivity index (χ4n) is 1.87. The van der Waals surface area contributed by atoms with Crippen LogP contribution in [-0.4, -0.2) is 19.0 Å². The summed E-state index contributed by atoms with van der Waals surface area (Å²) in [5, 5.41) is 0. The molecule has 1 saturated heterocycles. The first-order valence-corrected chi connectivity index (χ1v) is 6.84. The molecule has 2 nitrogen and oxygen atoms in total. The Morgan fingerprint density at radius 3 is 2.56 bits per heavy atom. The summed E-state index contributed by atoms with van der Waals surface area (Å²) in [5.74, 6) is 0.342. The van der Waals surface area contributed by atoms with Gasteiger partial charge in [0, 0.05) is 33.6 Å². The molecule has 0 N–H and O–H groups in total. The Morgan fingerprint density at radius 1 is 1.25 bits per heavy atom. The fourth-order valence-corrected chi connectivity index (χ4v) is 3.11. The van der Waals surface area contributed by atoms with E-state index in [0.717, 1.165) is 27.4 Å². The second kappa shape index (κ2) is 5.43. The minimum atomic E-state index is 0.117. The van der Waals surface area contributed by atoms with Crippen molar-refractivity contribution < 1.29 is 9.53 Å². The number of ketones is 1. The Hall–Kier alpha value is -0.190. The average Bonchev–Trinajstić information content (AvgIpc) is 2.29. The Morgan fingerprint density at radius 2 is 1.94 bits per heavy atom. The summed E-state index contributed by atoms with van der Waals surface area (Å²) in [4.78, 5) is 12.2. The summed E-state index contributed by atoms with van der Waals surface area (Å²) in [6.07, 6.45) is 1.67. The summed E-state index contributed by atoms with van der Waals surface area (Å²) in [6.45, 7) is 1.40. The highest BCUT2D eigenvalue weighted by atomic mass is 79.9. The van der Waals surface area contributed by atoms with Crippen molar-refractivity contribution in [1.82, 2.24) is 0 Å². The molecule has 0 atom stereocenters. The van der Waals surface area contributed by atoms with E-state index in [1.54, 1.807) is 0 Å². The van der Waals surface area contributed by atoms with Crippen LogP contribution in [0.25, 0.3) is 0 Å². The molecule has 0 saturated carbocycles. The Labute approximate surface area is 112 Å². The van der Waals surface area contributed by atoms with Gasteiger partial charge in [-0.05, 0) is 31.0 Å². The van der Waals surface area contributed by atoms with E-state index in [0.29, 0.717) is 13.2 Å². The predicted molar refractivity (Wildman–Crippen MR) is 69.7 cm³/mol. The molecular formula is C12H12Br2O2. The van der Waals surface area contributed by atoms with Crippen molar-refractivity contribution in [3.05, 3.63) is 32.7 Å². The van der Waals surface area contributed by atoms with E-state index in [2.05, 4.69) is 31.9 Å². The van der Waals surface area contributed by atoms with Gasteiger partial charge in [0.1, 0.15) is 0 Å². The number of carbonyl (C=O) groups excluding carboxylic acids is 1. The van der Waals surface area contributed by atoms with Crippen LogP contribution in [0.5, 0.6) is 0 Å². The predicted octanol–water partition coefficient (Wildman–Crippen LogP) is 3.82. The van der Waals surface area contributed by atoms with Gasteiger partial charge in [-0.25, -0.2) is 0 Å². The van der Waals surface area contributed by atoms with Gasteiger partial charge in [0.25, 0.3) is 0 Å². The Kier molecular flexibility index (Phi) is 4.16. The van der Waals surface area contributed by atoms with Crippen LogP contribution in [0.3, 0.4) is 0 Å². The molecule has 0 amide bonds. The lowest BCUT2D eigenvalue weighted by atomic mass is 9.91. The van der Waals surface area contributed by atoms with E-state index in [1.165, 1.54) is 0 Å². The highest BCUT2D eigenvalue weighted by Crippen LogP contribution is 2.27. The molecule has 0 spiro atoms. The van der Waals surface area contributed by atoms with Crippen LogP contribution in [0.4, 0.5) is 0 Å². The minimum absolute atomic E-state index is 0.117. The molecule has 0 radical (unpaired) electrons.